The Balaban J connectivity index is 2.95. The van der Waals surface area contributed by atoms with Crippen LogP contribution in [0, 0.1) is 0 Å². The van der Waals surface area contributed by atoms with E-state index in [1.807, 2.05) is 0 Å². The van der Waals surface area contributed by atoms with Crippen molar-refractivity contribution in [3.63, 3.8) is 0 Å². The summed E-state index contributed by atoms with van der Waals surface area (Å²) < 4.78 is 4.89. The van der Waals surface area contributed by atoms with E-state index >= 15 is 0 Å². The third-order valence-corrected chi connectivity index (χ3v) is 1.88. The molecule has 0 bridgehead atoms. The molecule has 72 valence electrons. The molecule has 0 spiro atoms. The van der Waals surface area contributed by atoms with Crippen LogP contribution >= 0.6 is 0 Å². The minimum absolute atomic E-state index is 0.0869. The van der Waals surface area contributed by atoms with E-state index in [0.29, 0.717) is 12.3 Å². The molecule has 0 heterocycles. The second kappa shape index (κ2) is 4.11. The fraction of sp³-hybridized carbons (Fsp3) is 0.333. The van der Waals surface area contributed by atoms with Crippen LogP contribution in [0.25, 0.3) is 0 Å². The van der Waals surface area contributed by atoms with Crippen molar-refractivity contribution in [2.45, 2.75) is 6.04 Å². The molecule has 0 aliphatic carbocycles. The average Bonchev–Trinajstić information content (AvgIpc) is 2.16. The van der Waals surface area contributed by atoms with Gasteiger partial charge in [0.1, 0.15) is 0 Å². The number of methoxy groups -OCH3 is 1. The molecule has 13 heavy (non-hydrogen) atoms. The zero-order chi connectivity index (χ0) is 9.84. The number of rotatable bonds is 3. The Morgan fingerprint density at radius 2 is 2.23 bits per heavy atom. The molecule has 0 amide bonds. The van der Waals surface area contributed by atoms with Gasteiger partial charge >= 0.3 is 0 Å². The summed E-state index contributed by atoms with van der Waals surface area (Å²) in [5, 5.41) is 9.41. The maximum absolute atomic E-state index is 9.41. The van der Waals surface area contributed by atoms with Gasteiger partial charge in [0, 0.05) is 12.6 Å². The summed E-state index contributed by atoms with van der Waals surface area (Å²) in [6.07, 6.45) is 0. The van der Waals surface area contributed by atoms with Crippen LogP contribution in [0.4, 0.5) is 0 Å². The van der Waals surface area contributed by atoms with Gasteiger partial charge in [-0.2, -0.15) is 0 Å². The number of nitrogens with two attached hydrogens (primary N) is 2. The number of ether oxygens (including phenoxy) is 1. The van der Waals surface area contributed by atoms with E-state index in [1.54, 1.807) is 18.2 Å². The molecule has 0 radical (unpaired) electrons. The zero-order valence-electron chi connectivity index (χ0n) is 7.53. The Hall–Kier alpha value is -1.26. The smallest absolute Gasteiger partial charge is 0.160 e. The SMILES string of the molecule is COc1ccc([C@H](N)CN)cc1O. The first kappa shape index (κ1) is 9.83. The number of aromatic hydroxyl groups is 1. The summed E-state index contributed by atoms with van der Waals surface area (Å²) in [7, 11) is 1.50. The zero-order valence-corrected chi connectivity index (χ0v) is 7.53. The Labute approximate surface area is 77.1 Å². The normalized spacial score (nSPS) is 12.5. The molecule has 0 saturated carbocycles. The lowest BCUT2D eigenvalue weighted by Gasteiger charge is -2.10. The van der Waals surface area contributed by atoms with Gasteiger partial charge in [0.25, 0.3) is 0 Å². The second-order valence-corrected chi connectivity index (χ2v) is 2.77. The van der Waals surface area contributed by atoms with Gasteiger partial charge < -0.3 is 21.3 Å². The van der Waals surface area contributed by atoms with E-state index in [2.05, 4.69) is 0 Å². The summed E-state index contributed by atoms with van der Waals surface area (Å²) in [4.78, 5) is 0. The van der Waals surface area contributed by atoms with Crippen molar-refractivity contribution in [2.75, 3.05) is 13.7 Å². The van der Waals surface area contributed by atoms with Gasteiger partial charge in [-0.15, -0.1) is 0 Å². The highest BCUT2D eigenvalue weighted by molar-refractivity contribution is 5.42. The van der Waals surface area contributed by atoms with Crippen LogP contribution in [0.1, 0.15) is 11.6 Å². The van der Waals surface area contributed by atoms with Crippen LogP contribution in [-0.4, -0.2) is 18.8 Å². The topological polar surface area (TPSA) is 81.5 Å². The van der Waals surface area contributed by atoms with Crippen molar-refractivity contribution < 1.29 is 9.84 Å². The van der Waals surface area contributed by atoms with Gasteiger partial charge in [-0.1, -0.05) is 6.07 Å². The number of hydrogen-bond donors (Lipinski definition) is 3. The van der Waals surface area contributed by atoms with Gasteiger partial charge in [-0.25, -0.2) is 0 Å². The summed E-state index contributed by atoms with van der Waals surface area (Å²) in [6, 6.07) is 4.78. The largest absolute Gasteiger partial charge is 0.504 e. The molecular weight excluding hydrogens is 168 g/mol. The Kier molecular flexibility index (Phi) is 3.11. The number of phenolic OH excluding ortho intramolecular Hbond substituents is 1. The van der Waals surface area contributed by atoms with Crippen molar-refractivity contribution in [3.8, 4) is 11.5 Å². The lowest BCUT2D eigenvalue weighted by atomic mass is 10.1. The summed E-state index contributed by atoms with van der Waals surface area (Å²) >= 11 is 0. The molecule has 4 heteroatoms. The minimum atomic E-state index is -0.239. The highest BCUT2D eigenvalue weighted by Crippen LogP contribution is 2.27. The van der Waals surface area contributed by atoms with Gasteiger partial charge in [-0.05, 0) is 17.7 Å². The number of benzene rings is 1. The third-order valence-electron chi connectivity index (χ3n) is 1.88. The molecule has 0 aliphatic rings. The van der Waals surface area contributed by atoms with Crippen LogP contribution in [-0.2, 0) is 0 Å². The first-order valence-corrected chi connectivity index (χ1v) is 4.01. The second-order valence-electron chi connectivity index (χ2n) is 2.77. The third kappa shape index (κ3) is 2.11. The first-order chi connectivity index (χ1) is 6.19. The molecule has 1 aromatic rings. The molecule has 1 atom stereocenters. The predicted molar refractivity (Wildman–Crippen MR) is 50.6 cm³/mol. The maximum Gasteiger partial charge on any atom is 0.160 e. The Morgan fingerprint density at radius 1 is 1.54 bits per heavy atom. The molecule has 5 N–H and O–H groups in total. The molecule has 1 aromatic carbocycles. The van der Waals surface area contributed by atoms with Crippen molar-refractivity contribution in [1.82, 2.24) is 0 Å². The quantitative estimate of drug-likeness (QED) is 0.630. The van der Waals surface area contributed by atoms with Crippen molar-refractivity contribution in [3.05, 3.63) is 23.8 Å². The minimum Gasteiger partial charge on any atom is -0.504 e. The summed E-state index contributed by atoms with van der Waals surface area (Å²) in [5.41, 5.74) is 11.9. The highest BCUT2D eigenvalue weighted by Gasteiger charge is 2.07. The fourth-order valence-corrected chi connectivity index (χ4v) is 1.07. The van der Waals surface area contributed by atoms with E-state index < -0.39 is 0 Å². The molecular formula is C9H14N2O2. The van der Waals surface area contributed by atoms with E-state index in [-0.39, 0.29) is 11.8 Å². The molecule has 0 aromatic heterocycles. The average molecular weight is 182 g/mol. The molecule has 0 unspecified atom stereocenters. The van der Waals surface area contributed by atoms with Gasteiger partial charge in [0.15, 0.2) is 11.5 Å². The monoisotopic (exact) mass is 182 g/mol. The predicted octanol–water partition coefficient (Wildman–Crippen LogP) is 0.359. The summed E-state index contributed by atoms with van der Waals surface area (Å²) in [5.74, 6) is 0.525. The van der Waals surface area contributed by atoms with Crippen LogP contribution in [0.15, 0.2) is 18.2 Å². The van der Waals surface area contributed by atoms with E-state index in [0.717, 1.165) is 5.56 Å². The Morgan fingerprint density at radius 3 is 2.69 bits per heavy atom. The molecule has 0 aliphatic heterocycles. The first-order valence-electron chi connectivity index (χ1n) is 4.01. The van der Waals surface area contributed by atoms with Crippen molar-refractivity contribution in [2.24, 2.45) is 11.5 Å². The van der Waals surface area contributed by atoms with Crippen LogP contribution < -0.4 is 16.2 Å². The number of phenols is 1. The molecule has 0 saturated heterocycles. The maximum atomic E-state index is 9.41. The molecule has 0 fully saturated rings. The van der Waals surface area contributed by atoms with Gasteiger partial charge in [-0.3, -0.25) is 0 Å². The van der Waals surface area contributed by atoms with Crippen LogP contribution in [0.5, 0.6) is 11.5 Å². The van der Waals surface area contributed by atoms with Crippen molar-refractivity contribution in [1.29, 1.82) is 0 Å². The number of hydrogen-bond acceptors (Lipinski definition) is 4. The highest BCUT2D eigenvalue weighted by atomic mass is 16.5. The summed E-state index contributed by atoms with van der Waals surface area (Å²) in [6.45, 7) is 0.353. The van der Waals surface area contributed by atoms with Crippen LogP contribution in [0.3, 0.4) is 0 Å². The Bertz CT molecular complexity index is 289. The van der Waals surface area contributed by atoms with Gasteiger partial charge in [0.2, 0.25) is 0 Å². The fourth-order valence-electron chi connectivity index (χ4n) is 1.07. The lowest BCUT2D eigenvalue weighted by Crippen LogP contribution is -2.20. The van der Waals surface area contributed by atoms with Crippen LogP contribution in [0.2, 0.25) is 0 Å². The van der Waals surface area contributed by atoms with Gasteiger partial charge in [0.05, 0.1) is 7.11 Å². The van der Waals surface area contributed by atoms with E-state index in [1.165, 1.54) is 7.11 Å². The lowest BCUT2D eigenvalue weighted by molar-refractivity contribution is 0.373. The molecule has 1 rings (SSSR count). The van der Waals surface area contributed by atoms with E-state index in [4.69, 9.17) is 16.2 Å². The van der Waals surface area contributed by atoms with E-state index in [9.17, 15) is 5.11 Å². The molecule has 4 nitrogen and oxygen atoms in total. The van der Waals surface area contributed by atoms with Crippen molar-refractivity contribution >= 4 is 0 Å². The standard InChI is InChI=1S/C9H14N2O2/c1-13-9-3-2-6(4-8(9)12)7(11)5-10/h2-4,7,12H,5,10-11H2,1H3/t7-/m1/s1.